The van der Waals surface area contributed by atoms with E-state index in [1.807, 2.05) is 72.8 Å². The van der Waals surface area contributed by atoms with Gasteiger partial charge in [0.1, 0.15) is 0 Å². The smallest absolute Gasteiger partial charge is 0.165 e. The van der Waals surface area contributed by atoms with Crippen molar-refractivity contribution in [3.05, 3.63) is 161 Å². The first-order valence-corrected chi connectivity index (χ1v) is 26.6. The Morgan fingerprint density at radius 3 is 0.390 bits per heavy atom. The van der Waals surface area contributed by atoms with E-state index in [2.05, 4.69) is 191 Å². The zero-order valence-electron chi connectivity index (χ0n) is 49.7. The second kappa shape index (κ2) is 23.8. The molecule has 0 spiro atoms. The topological polar surface area (TPSA) is 106 Å². The van der Waals surface area contributed by atoms with Crippen LogP contribution in [0.2, 0.25) is 0 Å². The Morgan fingerprint density at radius 2 is 0.312 bits per heavy atom. The van der Waals surface area contributed by atoms with Gasteiger partial charge in [0, 0.05) is 0 Å². The predicted octanol–water partition coefficient (Wildman–Crippen LogP) is 18.6. The van der Waals surface area contributed by atoms with Crippen molar-refractivity contribution in [2.75, 3.05) is 62.1 Å². The lowest BCUT2D eigenvalue weighted by molar-refractivity contribution is 0.413. The minimum atomic E-state index is -0.228. The van der Waals surface area contributed by atoms with Crippen LogP contribution in [-0.4, -0.2) is 35.5 Å². The van der Waals surface area contributed by atoms with Crippen LogP contribution in [-0.2, 0) is 27.1 Å². The number of ether oxygens (including phenoxy) is 5. The molecule has 1 aliphatic rings. The Morgan fingerprint density at radius 1 is 0.208 bits per heavy atom. The number of methoxy groups -OCH3 is 5. The van der Waals surface area contributed by atoms with E-state index in [9.17, 15) is 0 Å². The summed E-state index contributed by atoms with van der Waals surface area (Å²) in [7, 11) is 8.54. The molecule has 5 N–H and O–H groups in total. The van der Waals surface area contributed by atoms with Crippen LogP contribution in [0.3, 0.4) is 0 Å². The Balaban J connectivity index is 0.000000703. The molecule has 1 heterocycles. The number of anilines is 10. The monoisotopic (exact) mass is 1040 g/mol. The Hall–Kier alpha value is -7.46. The third-order valence-corrected chi connectivity index (χ3v) is 13.5. The fourth-order valence-electron chi connectivity index (χ4n) is 8.83. The summed E-state index contributed by atoms with van der Waals surface area (Å²) >= 11 is 0. The van der Waals surface area contributed by atoms with E-state index in [-0.39, 0.29) is 27.1 Å². The summed E-state index contributed by atoms with van der Waals surface area (Å²) in [4.78, 5) is 0. The molecule has 0 saturated carbocycles. The molecular weight excluding hydrogens is 955 g/mol. The molecule has 0 unspecified atom stereocenters. The van der Waals surface area contributed by atoms with Crippen molar-refractivity contribution < 1.29 is 23.7 Å². The molecule has 10 nitrogen and oxygen atoms in total. The third-order valence-electron chi connectivity index (χ3n) is 13.5. The molecule has 10 heteroatoms. The van der Waals surface area contributed by atoms with Crippen molar-refractivity contribution in [1.82, 2.24) is 0 Å². The van der Waals surface area contributed by atoms with Crippen molar-refractivity contribution in [1.29, 1.82) is 0 Å². The van der Waals surface area contributed by atoms with Crippen molar-refractivity contribution in [2.45, 2.75) is 131 Å². The number of benzene rings is 7. The van der Waals surface area contributed by atoms with Crippen molar-refractivity contribution in [3.63, 3.8) is 0 Å². The number of nitrogens with one attached hydrogen (secondary N) is 5. The second-order valence-electron chi connectivity index (χ2n) is 24.7. The van der Waals surface area contributed by atoms with Gasteiger partial charge in [0.25, 0.3) is 0 Å². The van der Waals surface area contributed by atoms with Gasteiger partial charge >= 0.3 is 0 Å². The highest BCUT2D eigenvalue weighted by atomic mass is 16.5. The quantitative estimate of drug-likeness (QED) is 0.114. The molecule has 0 amide bonds. The molecule has 410 valence electrons. The fraction of sp³-hybridized carbons (Fsp3) is 0.373. The Kier molecular flexibility index (Phi) is 18.2. The number of rotatable bonds is 5. The minimum absolute atomic E-state index is 0.228. The van der Waals surface area contributed by atoms with Gasteiger partial charge in [-0.1, -0.05) is 177 Å². The number of hydrogen-bond acceptors (Lipinski definition) is 10. The minimum Gasteiger partial charge on any atom is -0.492 e. The summed E-state index contributed by atoms with van der Waals surface area (Å²) in [5.74, 6) is 3.14. The summed E-state index contributed by atoms with van der Waals surface area (Å²) in [5, 5.41) is 19.1. The van der Waals surface area contributed by atoms with Gasteiger partial charge in [0.15, 0.2) is 28.7 Å². The highest BCUT2D eigenvalue weighted by Gasteiger charge is 2.29. The van der Waals surface area contributed by atoms with Gasteiger partial charge in [-0.3, -0.25) is 0 Å². The maximum Gasteiger partial charge on any atom is 0.165 e. The Labute approximate surface area is 461 Å². The van der Waals surface area contributed by atoms with Crippen LogP contribution in [0.1, 0.15) is 132 Å². The first-order valence-electron chi connectivity index (χ1n) is 26.6. The normalized spacial score (nSPS) is 12.4. The summed E-state index contributed by atoms with van der Waals surface area (Å²) in [6.07, 6.45) is 0. The van der Waals surface area contributed by atoms with E-state index in [1.165, 1.54) is 0 Å². The predicted molar refractivity (Wildman–Crippen MR) is 328 cm³/mol. The van der Waals surface area contributed by atoms with E-state index < -0.39 is 0 Å². The highest BCUT2D eigenvalue weighted by Crippen LogP contribution is 2.51. The first kappa shape index (κ1) is 58.8. The van der Waals surface area contributed by atoms with Gasteiger partial charge in [-0.15, -0.1) is 0 Å². The zero-order chi connectivity index (χ0) is 56.7. The van der Waals surface area contributed by atoms with Gasteiger partial charge in [-0.05, 0) is 116 Å². The largest absolute Gasteiger partial charge is 0.492 e. The van der Waals surface area contributed by atoms with Crippen LogP contribution in [0.4, 0.5) is 56.9 Å². The fourth-order valence-corrected chi connectivity index (χ4v) is 8.83. The summed E-state index contributed by atoms with van der Waals surface area (Å²) < 4.78 is 31.9. The molecule has 10 bridgehead atoms. The van der Waals surface area contributed by atoms with E-state index in [0.29, 0.717) is 28.7 Å². The van der Waals surface area contributed by atoms with Crippen LogP contribution < -0.4 is 50.3 Å². The summed E-state index contributed by atoms with van der Waals surface area (Å²) in [5.41, 5.74) is 12.0. The first-order chi connectivity index (χ1) is 36.1. The van der Waals surface area contributed by atoms with Gasteiger partial charge in [0.05, 0.1) is 92.4 Å². The molecule has 0 saturated heterocycles. The van der Waals surface area contributed by atoms with E-state index in [1.54, 1.807) is 35.5 Å². The summed E-state index contributed by atoms with van der Waals surface area (Å²) in [6, 6.07) is 45.7. The van der Waals surface area contributed by atoms with E-state index in [0.717, 1.165) is 84.7 Å². The average molecular weight is 1040 g/mol. The maximum absolute atomic E-state index is 6.37. The molecule has 0 atom stereocenters. The van der Waals surface area contributed by atoms with Crippen LogP contribution in [0.15, 0.2) is 133 Å². The molecule has 1 aliphatic heterocycles. The maximum atomic E-state index is 6.37. The Bertz CT molecular complexity index is 2480. The molecule has 8 rings (SSSR count). The van der Waals surface area contributed by atoms with Gasteiger partial charge in [-0.25, -0.2) is 0 Å². The lowest BCUT2D eigenvalue weighted by Gasteiger charge is -2.29. The van der Waals surface area contributed by atoms with Crippen molar-refractivity contribution >= 4 is 56.9 Å². The van der Waals surface area contributed by atoms with Crippen molar-refractivity contribution in [2.24, 2.45) is 0 Å². The second-order valence-corrected chi connectivity index (χ2v) is 24.7. The van der Waals surface area contributed by atoms with Gasteiger partial charge in [-0.2, -0.15) is 0 Å². The lowest BCUT2D eigenvalue weighted by Crippen LogP contribution is -2.16. The van der Waals surface area contributed by atoms with Crippen molar-refractivity contribution in [3.8, 4) is 28.7 Å². The van der Waals surface area contributed by atoms with Gasteiger partial charge in [0.2, 0.25) is 0 Å². The standard InChI is InChI=1S/C55H75N5O5.2C6H6/c1-51(2,3)31-21-36-46(61-16)37(22-31)57-39-24-33(53(7,8)9)26-41(48(39)63-18)59-43-28-35(55(13,14)15)30-45(50(43)65-20)60-44-29-34(54(10,11)12)27-42(49(44)64-19)58-40-25-32(52(4,5)6)23-38(56-36)47(40)62-17;2*1-2-4-6-5-3-1/h21-30,56-60H,1-20H3;2*1-6H. The zero-order valence-corrected chi connectivity index (χ0v) is 49.7. The van der Waals surface area contributed by atoms with Crippen LogP contribution >= 0.6 is 0 Å². The van der Waals surface area contributed by atoms with Crippen LogP contribution in [0.5, 0.6) is 28.7 Å². The number of hydrogen-bond donors (Lipinski definition) is 5. The molecule has 0 aliphatic carbocycles. The molecule has 7 aromatic rings. The van der Waals surface area contributed by atoms with E-state index in [4.69, 9.17) is 23.7 Å². The molecule has 0 aromatic heterocycles. The lowest BCUT2D eigenvalue weighted by atomic mass is 9.85. The molecule has 7 aromatic carbocycles. The SMILES string of the molecule is COc1c2cc(C(C)(C)C)cc1Nc1cc(C(C)(C)C)cc(c1OC)Nc1cc(C(C)(C)C)cc(c1OC)Nc1cc(C(C)(C)C)cc(c1OC)Nc1cc(C(C)(C)C)cc(c1OC)N2.c1ccccc1.c1ccccc1. The van der Waals surface area contributed by atoms with Crippen LogP contribution in [0.25, 0.3) is 0 Å². The molecule has 77 heavy (non-hydrogen) atoms. The molecular formula is C67H87N5O5. The van der Waals surface area contributed by atoms with Gasteiger partial charge < -0.3 is 50.3 Å². The van der Waals surface area contributed by atoms with Crippen LogP contribution in [0, 0.1) is 0 Å². The summed E-state index contributed by atoms with van der Waals surface area (Å²) in [6.45, 7) is 33.2. The molecule has 0 fully saturated rings. The average Bonchev–Trinajstić information content (AvgIpc) is 3.36. The third kappa shape index (κ3) is 14.5. The van der Waals surface area contributed by atoms with E-state index >= 15 is 0 Å². The number of fused-ring (bicyclic) bond motifs is 10. The highest BCUT2D eigenvalue weighted by molar-refractivity contribution is 5.91. The molecule has 0 radical (unpaired) electrons.